The monoisotopic (exact) mass is 268 g/mol. The first-order chi connectivity index (χ1) is 7.24. The molecule has 0 heterocycles. The second kappa shape index (κ2) is 6.40. The van der Waals surface area contributed by atoms with E-state index in [1.165, 1.54) is 6.08 Å². The summed E-state index contributed by atoms with van der Waals surface area (Å²) in [6, 6.07) is 7.70. The van der Waals surface area contributed by atoms with Crippen LogP contribution in [-0.2, 0) is 9.53 Å². The highest BCUT2D eigenvalue weighted by Gasteiger charge is 1.97. The average molecular weight is 269 g/mol. The van der Waals surface area contributed by atoms with Gasteiger partial charge in [0.2, 0.25) is 0 Å². The number of hydrogen-bond donors (Lipinski definition) is 0. The smallest absolute Gasteiger partial charge is 0.330 e. The minimum atomic E-state index is -0.299. The SMILES string of the molecule is CCCOC(=O)C=Cc1ccccc1Br. The van der Waals surface area contributed by atoms with Gasteiger partial charge in [-0.3, -0.25) is 0 Å². The zero-order chi connectivity index (χ0) is 11.1. The fourth-order valence-corrected chi connectivity index (χ4v) is 1.44. The van der Waals surface area contributed by atoms with Crippen molar-refractivity contribution in [3.63, 3.8) is 0 Å². The van der Waals surface area contributed by atoms with Gasteiger partial charge in [-0.15, -0.1) is 0 Å². The predicted octanol–water partition coefficient (Wildman–Crippen LogP) is 3.42. The molecule has 0 radical (unpaired) electrons. The highest BCUT2D eigenvalue weighted by molar-refractivity contribution is 9.10. The zero-order valence-electron chi connectivity index (χ0n) is 8.57. The van der Waals surface area contributed by atoms with Crippen LogP contribution in [0.25, 0.3) is 6.08 Å². The highest BCUT2D eigenvalue weighted by Crippen LogP contribution is 2.16. The Hall–Kier alpha value is -1.09. The van der Waals surface area contributed by atoms with E-state index in [0.717, 1.165) is 16.5 Å². The molecular weight excluding hydrogens is 256 g/mol. The van der Waals surface area contributed by atoms with Crippen molar-refractivity contribution in [1.82, 2.24) is 0 Å². The molecule has 0 bridgehead atoms. The van der Waals surface area contributed by atoms with Gasteiger partial charge >= 0.3 is 5.97 Å². The van der Waals surface area contributed by atoms with Gasteiger partial charge in [0.15, 0.2) is 0 Å². The van der Waals surface area contributed by atoms with Crippen LogP contribution in [-0.4, -0.2) is 12.6 Å². The number of hydrogen-bond acceptors (Lipinski definition) is 2. The van der Waals surface area contributed by atoms with E-state index in [2.05, 4.69) is 15.9 Å². The van der Waals surface area contributed by atoms with Crippen LogP contribution in [0.3, 0.4) is 0 Å². The first kappa shape index (κ1) is 12.0. The lowest BCUT2D eigenvalue weighted by Gasteiger charge is -1.98. The molecule has 80 valence electrons. The van der Waals surface area contributed by atoms with Crippen molar-refractivity contribution in [2.75, 3.05) is 6.61 Å². The predicted molar refractivity (Wildman–Crippen MR) is 64.4 cm³/mol. The molecule has 0 aliphatic heterocycles. The molecule has 0 aromatic heterocycles. The fourth-order valence-electron chi connectivity index (χ4n) is 1.02. The first-order valence-corrected chi connectivity index (χ1v) is 5.62. The van der Waals surface area contributed by atoms with Crippen LogP contribution >= 0.6 is 15.9 Å². The summed E-state index contributed by atoms with van der Waals surface area (Å²) in [4.78, 5) is 11.2. The number of halogens is 1. The molecule has 0 unspecified atom stereocenters. The maximum absolute atomic E-state index is 11.2. The first-order valence-electron chi connectivity index (χ1n) is 4.83. The number of carbonyl (C=O) groups is 1. The van der Waals surface area contributed by atoms with Crippen LogP contribution in [0.1, 0.15) is 18.9 Å². The van der Waals surface area contributed by atoms with Crippen molar-refractivity contribution in [3.05, 3.63) is 40.4 Å². The minimum Gasteiger partial charge on any atom is -0.463 e. The third-order valence-corrected chi connectivity index (χ3v) is 2.47. The van der Waals surface area contributed by atoms with Gasteiger partial charge in [-0.2, -0.15) is 0 Å². The van der Waals surface area contributed by atoms with E-state index >= 15 is 0 Å². The maximum atomic E-state index is 11.2. The molecular formula is C12H13BrO2. The summed E-state index contributed by atoms with van der Waals surface area (Å²) in [6.45, 7) is 2.43. The molecule has 0 saturated heterocycles. The van der Waals surface area contributed by atoms with E-state index in [9.17, 15) is 4.79 Å². The van der Waals surface area contributed by atoms with Crippen molar-refractivity contribution < 1.29 is 9.53 Å². The molecule has 0 aliphatic rings. The lowest BCUT2D eigenvalue weighted by atomic mass is 10.2. The lowest BCUT2D eigenvalue weighted by Crippen LogP contribution is -2.00. The maximum Gasteiger partial charge on any atom is 0.330 e. The number of benzene rings is 1. The lowest BCUT2D eigenvalue weighted by molar-refractivity contribution is -0.137. The summed E-state index contributed by atoms with van der Waals surface area (Å²) >= 11 is 3.40. The summed E-state index contributed by atoms with van der Waals surface area (Å²) in [5.74, 6) is -0.299. The van der Waals surface area contributed by atoms with Crippen molar-refractivity contribution in [2.24, 2.45) is 0 Å². The van der Waals surface area contributed by atoms with Gasteiger partial charge in [-0.25, -0.2) is 4.79 Å². The van der Waals surface area contributed by atoms with E-state index in [1.54, 1.807) is 6.08 Å². The molecule has 0 spiro atoms. The van der Waals surface area contributed by atoms with Gasteiger partial charge in [0, 0.05) is 10.5 Å². The van der Waals surface area contributed by atoms with Crippen LogP contribution in [0.4, 0.5) is 0 Å². The van der Waals surface area contributed by atoms with Crippen molar-refractivity contribution in [2.45, 2.75) is 13.3 Å². The molecule has 1 aromatic carbocycles. The topological polar surface area (TPSA) is 26.3 Å². The highest BCUT2D eigenvalue weighted by atomic mass is 79.9. The van der Waals surface area contributed by atoms with Gasteiger partial charge in [0.05, 0.1) is 6.61 Å². The summed E-state index contributed by atoms with van der Waals surface area (Å²) in [5.41, 5.74) is 0.964. The Kier molecular flexibility index (Phi) is 5.12. The second-order valence-corrected chi connectivity index (χ2v) is 3.88. The molecule has 2 nitrogen and oxygen atoms in total. The number of carbonyl (C=O) groups excluding carboxylic acids is 1. The molecule has 0 amide bonds. The van der Waals surface area contributed by atoms with Crippen molar-refractivity contribution in [1.29, 1.82) is 0 Å². The van der Waals surface area contributed by atoms with Crippen molar-refractivity contribution in [3.8, 4) is 0 Å². The number of esters is 1. The molecule has 15 heavy (non-hydrogen) atoms. The van der Waals surface area contributed by atoms with Gasteiger partial charge in [-0.05, 0) is 24.1 Å². The van der Waals surface area contributed by atoms with Crippen LogP contribution in [0, 0.1) is 0 Å². The van der Waals surface area contributed by atoms with Crippen LogP contribution in [0.15, 0.2) is 34.8 Å². The van der Waals surface area contributed by atoms with Gasteiger partial charge in [0.25, 0.3) is 0 Å². The summed E-state index contributed by atoms with van der Waals surface area (Å²) in [7, 11) is 0. The molecule has 0 saturated carbocycles. The van der Waals surface area contributed by atoms with Crippen molar-refractivity contribution >= 4 is 28.0 Å². The van der Waals surface area contributed by atoms with E-state index in [-0.39, 0.29) is 5.97 Å². The van der Waals surface area contributed by atoms with Crippen LogP contribution < -0.4 is 0 Å². The summed E-state index contributed by atoms with van der Waals surface area (Å²) in [6.07, 6.45) is 4.02. The Morgan fingerprint density at radius 3 is 2.87 bits per heavy atom. The Morgan fingerprint density at radius 1 is 1.47 bits per heavy atom. The third kappa shape index (κ3) is 4.30. The number of ether oxygens (including phenoxy) is 1. The van der Waals surface area contributed by atoms with E-state index in [4.69, 9.17) is 4.74 Å². The van der Waals surface area contributed by atoms with E-state index in [0.29, 0.717) is 6.61 Å². The van der Waals surface area contributed by atoms with Gasteiger partial charge in [-0.1, -0.05) is 41.1 Å². The summed E-state index contributed by atoms with van der Waals surface area (Å²) in [5, 5.41) is 0. The van der Waals surface area contributed by atoms with E-state index in [1.807, 2.05) is 31.2 Å². The Bertz CT molecular complexity index is 358. The second-order valence-electron chi connectivity index (χ2n) is 3.02. The van der Waals surface area contributed by atoms with E-state index < -0.39 is 0 Å². The Balaban J connectivity index is 2.58. The van der Waals surface area contributed by atoms with Crippen LogP contribution in [0.5, 0.6) is 0 Å². The zero-order valence-corrected chi connectivity index (χ0v) is 10.2. The molecule has 0 N–H and O–H groups in total. The molecule has 0 fully saturated rings. The standard InChI is InChI=1S/C12H13BrO2/c1-2-9-15-12(14)8-7-10-5-3-4-6-11(10)13/h3-8H,2,9H2,1H3. The quantitative estimate of drug-likeness (QED) is 0.618. The molecule has 1 aromatic rings. The third-order valence-electron chi connectivity index (χ3n) is 1.75. The normalized spacial score (nSPS) is 10.5. The van der Waals surface area contributed by atoms with Crippen LogP contribution in [0.2, 0.25) is 0 Å². The number of rotatable bonds is 4. The fraction of sp³-hybridized carbons (Fsp3) is 0.250. The Labute approximate surface area is 98.1 Å². The molecule has 0 aliphatic carbocycles. The molecule has 1 rings (SSSR count). The largest absolute Gasteiger partial charge is 0.463 e. The van der Waals surface area contributed by atoms with Gasteiger partial charge in [0.1, 0.15) is 0 Å². The molecule has 0 atom stereocenters. The van der Waals surface area contributed by atoms with Gasteiger partial charge < -0.3 is 4.74 Å². The molecule has 3 heteroatoms. The average Bonchev–Trinajstić information content (AvgIpc) is 2.25. The minimum absolute atomic E-state index is 0.299. The Morgan fingerprint density at radius 2 is 2.20 bits per heavy atom. The summed E-state index contributed by atoms with van der Waals surface area (Å²) < 4.78 is 5.87.